The van der Waals surface area contributed by atoms with Crippen LogP contribution in [0.25, 0.3) is 0 Å². The fraction of sp³-hybridized carbons (Fsp3) is 0.587. The second-order valence-electron chi connectivity index (χ2n) is 29.1. The first-order valence-electron chi connectivity index (χ1n) is 41.6. The first-order chi connectivity index (χ1) is 54.2. The SMILES string of the molecule is CCCCCCCCCCCCCCCCCC(=O)OC[C@H](COP(OCc1ccccc1)OC1[C@H](OCOCc2ccccc2)[C@H](OCc2ccc(OC)cc2)C(OCc2ccc(OC)cc2)[C@H](OCc2ccc(OC)cc2)[C@H]1OCOCc1ccccc1)OC(=O)CCCCCCCCCCCCCCCCC. The molecular formula is C92H133O17P. The van der Waals surface area contributed by atoms with Gasteiger partial charge in [0, 0.05) is 12.8 Å². The molecule has 0 amide bonds. The van der Waals surface area contributed by atoms with Crippen molar-refractivity contribution in [1.82, 2.24) is 0 Å². The summed E-state index contributed by atoms with van der Waals surface area (Å²) in [4.78, 5) is 27.9. The minimum absolute atomic E-state index is 0.0525. The van der Waals surface area contributed by atoms with Gasteiger partial charge in [-0.25, -0.2) is 0 Å². The van der Waals surface area contributed by atoms with E-state index in [1.54, 1.807) is 21.3 Å². The van der Waals surface area contributed by atoms with Crippen molar-refractivity contribution >= 4 is 20.5 Å². The van der Waals surface area contributed by atoms with Crippen molar-refractivity contribution < 1.29 is 80.0 Å². The van der Waals surface area contributed by atoms with E-state index in [9.17, 15) is 9.59 Å². The van der Waals surface area contributed by atoms with E-state index in [4.69, 9.17) is 70.4 Å². The number of carbonyl (C=O) groups excluding carboxylic acids is 2. The molecule has 0 N–H and O–H groups in total. The Morgan fingerprint density at radius 2 is 0.609 bits per heavy atom. The molecule has 1 saturated carbocycles. The lowest BCUT2D eigenvalue weighted by Gasteiger charge is -2.49. The highest BCUT2D eigenvalue weighted by Crippen LogP contribution is 2.48. The van der Waals surface area contributed by atoms with Gasteiger partial charge >= 0.3 is 20.5 Å². The van der Waals surface area contributed by atoms with E-state index in [0.717, 1.165) is 71.9 Å². The third-order valence-electron chi connectivity index (χ3n) is 20.1. The molecule has 0 heterocycles. The molecule has 0 aromatic heterocycles. The highest BCUT2D eigenvalue weighted by molar-refractivity contribution is 7.41. The van der Waals surface area contributed by atoms with E-state index < -0.39 is 57.3 Å². The van der Waals surface area contributed by atoms with E-state index in [2.05, 4.69) is 13.8 Å². The fourth-order valence-electron chi connectivity index (χ4n) is 13.6. The lowest BCUT2D eigenvalue weighted by molar-refractivity contribution is -0.296. The maximum atomic E-state index is 14.1. The van der Waals surface area contributed by atoms with Crippen molar-refractivity contribution in [2.75, 3.05) is 48.1 Å². The summed E-state index contributed by atoms with van der Waals surface area (Å²) in [5.41, 5.74) is 5.26. The van der Waals surface area contributed by atoms with Crippen molar-refractivity contribution in [3.05, 3.63) is 197 Å². The van der Waals surface area contributed by atoms with Crippen LogP contribution in [0.3, 0.4) is 0 Å². The van der Waals surface area contributed by atoms with E-state index in [-0.39, 0.29) is 85.3 Å². The number of esters is 2. The molecule has 0 bridgehead atoms. The average Bonchev–Trinajstić information content (AvgIpc) is 0.761. The van der Waals surface area contributed by atoms with Crippen molar-refractivity contribution in [2.24, 2.45) is 0 Å². The minimum Gasteiger partial charge on any atom is -0.497 e. The van der Waals surface area contributed by atoms with Crippen molar-refractivity contribution in [3.8, 4) is 17.2 Å². The Labute approximate surface area is 661 Å². The summed E-state index contributed by atoms with van der Waals surface area (Å²) in [6.07, 6.45) is 29.5. The second kappa shape index (κ2) is 58.5. The Hall–Kier alpha value is -6.31. The monoisotopic (exact) mass is 1540 g/mol. The van der Waals surface area contributed by atoms with E-state index >= 15 is 0 Å². The molecule has 6 aromatic rings. The molecule has 18 heteroatoms. The number of benzene rings is 6. The molecule has 0 saturated heterocycles. The number of methoxy groups -OCH3 is 3. The van der Waals surface area contributed by atoms with Gasteiger partial charge in [0.2, 0.25) is 0 Å². The molecular weight excluding hydrogens is 1410 g/mol. The minimum atomic E-state index is -2.49. The molecule has 1 fully saturated rings. The summed E-state index contributed by atoms with van der Waals surface area (Å²) in [5.74, 6) is 1.30. The summed E-state index contributed by atoms with van der Waals surface area (Å²) in [6, 6.07) is 52.5. The largest absolute Gasteiger partial charge is 0.497 e. The molecule has 3 unspecified atom stereocenters. The summed E-state index contributed by atoms with van der Waals surface area (Å²) in [5, 5.41) is 0. The quantitative estimate of drug-likeness (QED) is 0.0153. The normalized spacial score (nSPS) is 16.8. The molecule has 608 valence electrons. The van der Waals surface area contributed by atoms with Crippen molar-refractivity contribution in [3.63, 3.8) is 0 Å². The molecule has 0 radical (unpaired) electrons. The van der Waals surface area contributed by atoms with Crippen LogP contribution < -0.4 is 14.2 Å². The lowest BCUT2D eigenvalue weighted by Crippen LogP contribution is -2.67. The number of unbranched alkanes of at least 4 members (excludes halogenated alkanes) is 28. The number of ether oxygens (including phenoxy) is 12. The van der Waals surface area contributed by atoms with E-state index in [1.807, 2.05) is 164 Å². The number of carbonyl (C=O) groups is 2. The zero-order valence-corrected chi connectivity index (χ0v) is 68.1. The summed E-state index contributed by atoms with van der Waals surface area (Å²) in [7, 11) is 2.40. The Bertz CT molecular complexity index is 3090. The van der Waals surface area contributed by atoms with Crippen molar-refractivity contribution in [2.45, 2.75) is 302 Å². The topological polar surface area (TPSA) is 173 Å². The fourth-order valence-corrected chi connectivity index (χ4v) is 14.8. The van der Waals surface area contributed by atoms with Gasteiger partial charge in [-0.3, -0.25) is 9.59 Å². The highest BCUT2D eigenvalue weighted by atomic mass is 31.2. The van der Waals surface area contributed by atoms with Gasteiger partial charge in [0.15, 0.2) is 6.10 Å². The third-order valence-corrected chi connectivity index (χ3v) is 21.2. The van der Waals surface area contributed by atoms with Gasteiger partial charge in [-0.2, -0.15) is 0 Å². The molecule has 0 spiro atoms. The molecule has 17 nitrogen and oxygen atoms in total. The Morgan fingerprint density at radius 3 is 0.945 bits per heavy atom. The molecule has 7 rings (SSSR count). The van der Waals surface area contributed by atoms with Crippen LogP contribution in [0.2, 0.25) is 0 Å². The van der Waals surface area contributed by atoms with Crippen LogP contribution in [-0.2, 0) is 105 Å². The standard InChI is InChI=1S/C92H133O17P/c1-6-8-10-12-14-16-18-20-22-24-26-28-30-32-43-51-85(93)100-71-84(108-86(94)52-44-33-31-29-27-25-23-21-19-17-15-13-11-9-7-2)72-107-110(106-70-77-49-41-36-42-50-77)109-92-90(104-73-98-65-75-45-37-34-38-46-75)88(102-68-79-55-61-82(96-4)62-56-79)87(101-67-78-53-59-81(95-3)60-54-78)89(103-69-80-57-63-83(97-5)64-58-80)91(92)105-74-99-66-76-47-39-35-40-48-76/h34-42,45-50,53-64,84,87-92H,6-33,43-44,51-52,65-74H2,1-5H3/t84-,87?,88-,89+,90-,91-,92?,110?/m1/s1. The lowest BCUT2D eigenvalue weighted by atomic mass is 9.83. The van der Waals surface area contributed by atoms with Gasteiger partial charge in [0.25, 0.3) is 0 Å². The first-order valence-corrected chi connectivity index (χ1v) is 42.7. The maximum absolute atomic E-state index is 14.1. The Balaban J connectivity index is 1.17. The van der Waals surface area contributed by atoms with Crippen molar-refractivity contribution in [1.29, 1.82) is 0 Å². The molecule has 0 aliphatic heterocycles. The number of rotatable bonds is 65. The van der Waals surface area contributed by atoms with Gasteiger partial charge in [0.1, 0.15) is 74.1 Å². The summed E-state index contributed by atoms with van der Waals surface area (Å²) in [6.45, 7) is 4.38. The Morgan fingerprint density at radius 1 is 0.309 bits per heavy atom. The predicted molar refractivity (Wildman–Crippen MR) is 436 cm³/mol. The molecule has 8 atom stereocenters. The van der Waals surface area contributed by atoms with Gasteiger partial charge < -0.3 is 70.4 Å². The van der Waals surface area contributed by atoms with Gasteiger partial charge in [0.05, 0.1) is 67.6 Å². The van der Waals surface area contributed by atoms with Crippen LogP contribution in [0.1, 0.15) is 253 Å². The van der Waals surface area contributed by atoms with Crippen LogP contribution in [0.5, 0.6) is 17.2 Å². The summed E-state index contributed by atoms with van der Waals surface area (Å²) < 4.78 is 99.0. The number of hydrogen-bond acceptors (Lipinski definition) is 17. The van der Waals surface area contributed by atoms with E-state index in [0.29, 0.717) is 30.1 Å². The van der Waals surface area contributed by atoms with Crippen LogP contribution in [-0.4, -0.2) is 103 Å². The average molecular weight is 1540 g/mol. The zero-order valence-electron chi connectivity index (χ0n) is 67.2. The van der Waals surface area contributed by atoms with Crippen LogP contribution in [0.15, 0.2) is 164 Å². The summed E-state index contributed by atoms with van der Waals surface area (Å²) >= 11 is 0. The number of hydrogen-bond donors (Lipinski definition) is 0. The van der Waals surface area contributed by atoms with E-state index in [1.165, 1.54) is 141 Å². The zero-order chi connectivity index (χ0) is 77.4. The van der Waals surface area contributed by atoms with Gasteiger partial charge in [-0.05, 0) is 82.6 Å². The maximum Gasteiger partial charge on any atom is 0.333 e. The molecule has 6 aromatic carbocycles. The highest BCUT2D eigenvalue weighted by Gasteiger charge is 2.56. The van der Waals surface area contributed by atoms with Gasteiger partial charge in [-0.15, -0.1) is 0 Å². The molecule has 110 heavy (non-hydrogen) atoms. The third kappa shape index (κ3) is 38.5. The van der Waals surface area contributed by atoms with Crippen LogP contribution in [0.4, 0.5) is 0 Å². The first kappa shape index (κ1) is 90.9. The Kier molecular flexibility index (Phi) is 48.4. The van der Waals surface area contributed by atoms with Crippen LogP contribution in [0, 0.1) is 0 Å². The molecule has 1 aliphatic rings. The van der Waals surface area contributed by atoms with Crippen LogP contribution >= 0.6 is 8.60 Å². The molecule has 1 aliphatic carbocycles. The van der Waals surface area contributed by atoms with Gasteiger partial charge in [-0.1, -0.05) is 321 Å². The predicted octanol–water partition coefficient (Wildman–Crippen LogP) is 22.7. The second-order valence-corrected chi connectivity index (χ2v) is 30.3. The smallest absolute Gasteiger partial charge is 0.333 e.